The molecule has 3 atom stereocenters. The molecule has 3 unspecified atom stereocenters. The summed E-state index contributed by atoms with van der Waals surface area (Å²) in [7, 11) is 0. The van der Waals surface area contributed by atoms with Crippen molar-refractivity contribution in [3.63, 3.8) is 0 Å². The maximum Gasteiger partial charge on any atom is -0.0349 e. The first-order valence-corrected chi connectivity index (χ1v) is 6.08. The lowest BCUT2D eigenvalue weighted by molar-refractivity contribution is 0.0355. The van der Waals surface area contributed by atoms with Crippen LogP contribution >= 0.6 is 0 Å². The molecule has 0 heteroatoms. The quantitative estimate of drug-likeness (QED) is 0.523. The Hall–Kier alpha value is 0. The first-order valence-electron chi connectivity index (χ1n) is 6.08. The minimum Gasteiger partial charge on any atom is -0.0622 e. The molecular formula is C13H24. The lowest BCUT2D eigenvalue weighted by atomic mass is 9.58. The Kier molecular flexibility index (Phi) is 2.42. The Morgan fingerprint density at radius 1 is 1.00 bits per heavy atom. The van der Waals surface area contributed by atoms with Gasteiger partial charge < -0.3 is 0 Å². The maximum atomic E-state index is 2.49. The van der Waals surface area contributed by atoms with Gasteiger partial charge in [0.05, 0.1) is 0 Å². The van der Waals surface area contributed by atoms with Gasteiger partial charge in [0.2, 0.25) is 0 Å². The summed E-state index contributed by atoms with van der Waals surface area (Å²) in [5.74, 6) is 3.16. The van der Waals surface area contributed by atoms with Gasteiger partial charge in [0.25, 0.3) is 0 Å². The highest BCUT2D eigenvalue weighted by atomic mass is 14.4. The first-order chi connectivity index (χ1) is 6.08. The monoisotopic (exact) mass is 180 g/mol. The molecule has 13 heavy (non-hydrogen) atoms. The van der Waals surface area contributed by atoms with Gasteiger partial charge in [-0.05, 0) is 42.4 Å². The summed E-state index contributed by atoms with van der Waals surface area (Å²) in [5, 5.41) is 0. The summed E-state index contributed by atoms with van der Waals surface area (Å²) in [4.78, 5) is 0. The van der Waals surface area contributed by atoms with Crippen molar-refractivity contribution >= 4 is 0 Å². The van der Waals surface area contributed by atoms with E-state index in [2.05, 4.69) is 20.8 Å². The number of hydrogen-bond donors (Lipinski definition) is 0. The van der Waals surface area contributed by atoms with Crippen molar-refractivity contribution in [3.8, 4) is 0 Å². The summed E-state index contributed by atoms with van der Waals surface area (Å²) < 4.78 is 0. The molecule has 76 valence electrons. The second kappa shape index (κ2) is 3.29. The summed E-state index contributed by atoms with van der Waals surface area (Å²) in [5.41, 5.74) is 0.637. The minimum absolute atomic E-state index is 0.637. The summed E-state index contributed by atoms with van der Waals surface area (Å²) in [6.45, 7) is 7.42. The summed E-state index contributed by atoms with van der Waals surface area (Å²) >= 11 is 0. The van der Waals surface area contributed by atoms with Crippen LogP contribution in [0.4, 0.5) is 0 Å². The van der Waals surface area contributed by atoms with Crippen molar-refractivity contribution in [1.29, 1.82) is 0 Å². The highest BCUT2D eigenvalue weighted by Gasteiger charge is 2.39. The third-order valence-electron chi connectivity index (χ3n) is 4.39. The van der Waals surface area contributed by atoms with Crippen molar-refractivity contribution in [2.75, 3.05) is 0 Å². The van der Waals surface area contributed by atoms with E-state index in [1.54, 1.807) is 0 Å². The highest BCUT2D eigenvalue weighted by Crippen LogP contribution is 2.50. The lowest BCUT2D eigenvalue weighted by Gasteiger charge is -2.47. The average molecular weight is 180 g/mol. The zero-order chi connectivity index (χ0) is 9.47. The molecule has 2 fully saturated rings. The van der Waals surface area contributed by atoms with Crippen LogP contribution in [0.15, 0.2) is 0 Å². The smallest absolute Gasteiger partial charge is 0.0349 e. The highest BCUT2D eigenvalue weighted by molar-refractivity contribution is 4.90. The molecule has 0 amide bonds. The van der Waals surface area contributed by atoms with Gasteiger partial charge >= 0.3 is 0 Å². The van der Waals surface area contributed by atoms with Crippen molar-refractivity contribution in [2.24, 2.45) is 23.2 Å². The molecule has 0 heterocycles. The van der Waals surface area contributed by atoms with E-state index in [1.165, 1.54) is 38.5 Å². The van der Waals surface area contributed by atoms with Crippen LogP contribution in [0, 0.1) is 23.2 Å². The van der Waals surface area contributed by atoms with E-state index in [0.717, 1.165) is 17.8 Å². The van der Waals surface area contributed by atoms with Crippen molar-refractivity contribution in [3.05, 3.63) is 0 Å². The van der Waals surface area contributed by atoms with Crippen LogP contribution < -0.4 is 0 Å². The molecule has 0 bridgehead atoms. The van der Waals surface area contributed by atoms with E-state index < -0.39 is 0 Å². The lowest BCUT2D eigenvalue weighted by Crippen LogP contribution is -2.37. The van der Waals surface area contributed by atoms with E-state index >= 15 is 0 Å². The van der Waals surface area contributed by atoms with E-state index in [9.17, 15) is 0 Å². The zero-order valence-electron chi connectivity index (χ0n) is 9.47. The normalized spacial score (nSPS) is 44.1. The number of hydrogen-bond acceptors (Lipinski definition) is 0. The van der Waals surface area contributed by atoms with E-state index in [-0.39, 0.29) is 0 Å². The van der Waals surface area contributed by atoms with E-state index in [1.807, 2.05) is 0 Å². The SMILES string of the molecule is CC1CC(C)(C)CC2CCCCC12. The summed E-state index contributed by atoms with van der Waals surface area (Å²) in [6, 6.07) is 0. The molecule has 0 saturated heterocycles. The van der Waals surface area contributed by atoms with Gasteiger partial charge in [0.1, 0.15) is 0 Å². The third kappa shape index (κ3) is 1.92. The molecule has 0 aromatic rings. The predicted molar refractivity (Wildman–Crippen MR) is 57.6 cm³/mol. The molecule has 0 nitrogen and oxygen atoms in total. The van der Waals surface area contributed by atoms with Crippen LogP contribution in [0.3, 0.4) is 0 Å². The van der Waals surface area contributed by atoms with Gasteiger partial charge in [-0.3, -0.25) is 0 Å². The van der Waals surface area contributed by atoms with Crippen LogP contribution in [0.5, 0.6) is 0 Å². The van der Waals surface area contributed by atoms with E-state index in [4.69, 9.17) is 0 Å². The van der Waals surface area contributed by atoms with E-state index in [0.29, 0.717) is 5.41 Å². The summed E-state index contributed by atoms with van der Waals surface area (Å²) in [6.07, 6.45) is 9.03. The second-order valence-electron chi connectivity index (χ2n) is 6.26. The van der Waals surface area contributed by atoms with Gasteiger partial charge in [-0.2, -0.15) is 0 Å². The number of rotatable bonds is 0. The largest absolute Gasteiger partial charge is 0.0622 e. The molecule has 0 aliphatic heterocycles. The predicted octanol–water partition coefficient (Wildman–Crippen LogP) is 4.25. The molecule has 0 aromatic carbocycles. The van der Waals surface area contributed by atoms with Crippen LogP contribution in [0.25, 0.3) is 0 Å². The average Bonchev–Trinajstić information content (AvgIpc) is 2.02. The van der Waals surface area contributed by atoms with Crippen molar-refractivity contribution < 1.29 is 0 Å². The molecule has 2 rings (SSSR count). The molecule has 0 N–H and O–H groups in total. The van der Waals surface area contributed by atoms with Crippen LogP contribution in [-0.2, 0) is 0 Å². The van der Waals surface area contributed by atoms with Crippen LogP contribution in [-0.4, -0.2) is 0 Å². The Labute approximate surface area is 83.1 Å². The van der Waals surface area contributed by atoms with Gasteiger partial charge in [0.15, 0.2) is 0 Å². The Bertz CT molecular complexity index is 180. The third-order valence-corrected chi connectivity index (χ3v) is 4.39. The molecule has 2 aliphatic carbocycles. The first kappa shape index (κ1) is 9.55. The number of fused-ring (bicyclic) bond motifs is 1. The van der Waals surface area contributed by atoms with Crippen molar-refractivity contribution in [1.82, 2.24) is 0 Å². The Balaban J connectivity index is 2.07. The Morgan fingerprint density at radius 2 is 1.69 bits per heavy atom. The molecule has 2 aliphatic rings. The minimum atomic E-state index is 0.637. The fourth-order valence-corrected chi connectivity index (χ4v) is 4.06. The molecule has 2 saturated carbocycles. The van der Waals surface area contributed by atoms with Gasteiger partial charge in [-0.1, -0.05) is 40.0 Å². The molecule has 0 radical (unpaired) electrons. The van der Waals surface area contributed by atoms with Crippen LogP contribution in [0.2, 0.25) is 0 Å². The zero-order valence-corrected chi connectivity index (χ0v) is 9.47. The maximum absolute atomic E-state index is 2.49. The molecule has 0 aromatic heterocycles. The topological polar surface area (TPSA) is 0 Å². The van der Waals surface area contributed by atoms with Crippen LogP contribution in [0.1, 0.15) is 59.3 Å². The second-order valence-corrected chi connectivity index (χ2v) is 6.26. The Morgan fingerprint density at radius 3 is 2.46 bits per heavy atom. The van der Waals surface area contributed by atoms with Gasteiger partial charge in [0, 0.05) is 0 Å². The standard InChI is InChI=1S/C13H24/c1-10-8-13(2,3)9-11-6-4-5-7-12(10)11/h10-12H,4-9H2,1-3H3. The molecule has 0 spiro atoms. The molecular weight excluding hydrogens is 156 g/mol. The van der Waals surface area contributed by atoms with Crippen molar-refractivity contribution in [2.45, 2.75) is 59.3 Å². The fourth-order valence-electron chi connectivity index (χ4n) is 4.06. The van der Waals surface area contributed by atoms with Gasteiger partial charge in [-0.25, -0.2) is 0 Å². The fraction of sp³-hybridized carbons (Fsp3) is 1.00. The van der Waals surface area contributed by atoms with Gasteiger partial charge in [-0.15, -0.1) is 0 Å².